The standard InChI is InChI=1S/C39H62O10/c1-22(40)47-32-27(48-31(42)21-36(6,45)20-30(41)46-10)19-37(7)25-16-18-38(8)24(23-11-14-29(35(4,5)44)49-33(23)43)15-17-39(38,9)26(25)12-13-28(37)34(32,2)3/h16,23-24,26-29,32-33,43-45H,11-15,17-21H2,1-10H3/t23-,24-,26+,27-,28-,29-,32+,33-,36-,37-,38-,39+/m1/s1. The Morgan fingerprint density at radius 3 is 2.16 bits per heavy atom. The molecule has 278 valence electrons. The first-order valence-corrected chi connectivity index (χ1v) is 18.4. The minimum atomic E-state index is -1.65. The van der Waals surface area contributed by atoms with Crippen LogP contribution in [0.3, 0.4) is 0 Å². The van der Waals surface area contributed by atoms with Crippen LogP contribution < -0.4 is 0 Å². The van der Waals surface area contributed by atoms with E-state index < -0.39 is 59.4 Å². The van der Waals surface area contributed by atoms with E-state index in [2.05, 4.69) is 40.7 Å². The van der Waals surface area contributed by atoms with Crippen LogP contribution >= 0.6 is 0 Å². The first-order valence-electron chi connectivity index (χ1n) is 18.4. The third-order valence-electron chi connectivity index (χ3n) is 14.3. The molecule has 3 N–H and O–H groups in total. The molecule has 4 aliphatic carbocycles. The van der Waals surface area contributed by atoms with Gasteiger partial charge in [-0.05, 0) is 106 Å². The van der Waals surface area contributed by atoms with Crippen LogP contribution in [0, 0.1) is 45.3 Å². The fraction of sp³-hybridized carbons (Fsp3) is 0.872. The highest BCUT2D eigenvalue weighted by molar-refractivity contribution is 5.75. The Labute approximate surface area is 292 Å². The summed E-state index contributed by atoms with van der Waals surface area (Å²) in [5, 5.41) is 32.7. The molecule has 10 heteroatoms. The maximum absolute atomic E-state index is 13.4. The van der Waals surface area contributed by atoms with Gasteiger partial charge in [0.2, 0.25) is 0 Å². The van der Waals surface area contributed by atoms with E-state index >= 15 is 0 Å². The van der Waals surface area contributed by atoms with Crippen LogP contribution in [0.4, 0.5) is 0 Å². The molecule has 0 aromatic rings. The second-order valence-corrected chi connectivity index (χ2v) is 18.4. The van der Waals surface area contributed by atoms with E-state index in [0.29, 0.717) is 12.3 Å². The number of aliphatic hydroxyl groups is 3. The van der Waals surface area contributed by atoms with Crippen molar-refractivity contribution in [2.24, 2.45) is 45.3 Å². The molecule has 0 bridgehead atoms. The molecule has 5 rings (SSSR count). The van der Waals surface area contributed by atoms with Gasteiger partial charge < -0.3 is 34.3 Å². The molecule has 3 saturated carbocycles. The maximum atomic E-state index is 13.4. The maximum Gasteiger partial charge on any atom is 0.309 e. The number of hydrogen-bond donors (Lipinski definition) is 3. The van der Waals surface area contributed by atoms with Crippen molar-refractivity contribution >= 4 is 17.9 Å². The van der Waals surface area contributed by atoms with Crippen molar-refractivity contribution in [3.63, 3.8) is 0 Å². The molecular formula is C39H62O10. The van der Waals surface area contributed by atoms with Crippen LogP contribution in [-0.4, -0.2) is 76.1 Å². The molecule has 0 amide bonds. The highest BCUT2D eigenvalue weighted by Gasteiger charge is 2.68. The minimum Gasteiger partial charge on any atom is -0.469 e. The smallest absolute Gasteiger partial charge is 0.309 e. The number of allylic oxidation sites excluding steroid dienone is 2. The van der Waals surface area contributed by atoms with Crippen molar-refractivity contribution in [2.75, 3.05) is 7.11 Å². The Kier molecular flexibility index (Phi) is 10.1. The molecule has 0 spiro atoms. The van der Waals surface area contributed by atoms with Crippen molar-refractivity contribution in [1.82, 2.24) is 0 Å². The van der Waals surface area contributed by atoms with Gasteiger partial charge in [0.15, 0.2) is 6.29 Å². The predicted octanol–water partition coefficient (Wildman–Crippen LogP) is 5.63. The minimum absolute atomic E-state index is 0.00517. The molecule has 0 radical (unpaired) electrons. The number of fused-ring (bicyclic) bond motifs is 5. The van der Waals surface area contributed by atoms with E-state index in [0.717, 1.165) is 44.9 Å². The lowest BCUT2D eigenvalue weighted by atomic mass is 9.40. The summed E-state index contributed by atoms with van der Waals surface area (Å²) >= 11 is 0. The Bertz CT molecular complexity index is 1330. The molecule has 4 fully saturated rings. The second kappa shape index (κ2) is 12.9. The molecule has 5 aliphatic rings. The topological polar surface area (TPSA) is 149 Å². The molecular weight excluding hydrogens is 628 g/mol. The largest absolute Gasteiger partial charge is 0.469 e. The number of methoxy groups -OCH3 is 1. The Morgan fingerprint density at radius 2 is 1.57 bits per heavy atom. The summed E-state index contributed by atoms with van der Waals surface area (Å²) in [5.74, 6) is -0.957. The lowest BCUT2D eigenvalue weighted by Crippen LogP contribution is -2.63. The van der Waals surface area contributed by atoms with Crippen molar-refractivity contribution in [1.29, 1.82) is 0 Å². The zero-order chi connectivity index (χ0) is 36.5. The van der Waals surface area contributed by atoms with Crippen LogP contribution in [0.5, 0.6) is 0 Å². The average Bonchev–Trinajstić information content (AvgIpc) is 3.24. The Morgan fingerprint density at radius 1 is 0.918 bits per heavy atom. The molecule has 1 aliphatic heterocycles. The van der Waals surface area contributed by atoms with Gasteiger partial charge in [0, 0.05) is 18.3 Å². The molecule has 1 heterocycles. The first-order chi connectivity index (χ1) is 22.5. The number of esters is 3. The summed E-state index contributed by atoms with van der Waals surface area (Å²) in [6, 6.07) is 0. The van der Waals surface area contributed by atoms with Crippen molar-refractivity contribution in [3.05, 3.63) is 11.6 Å². The van der Waals surface area contributed by atoms with Crippen LogP contribution in [0.15, 0.2) is 11.6 Å². The van der Waals surface area contributed by atoms with E-state index in [4.69, 9.17) is 18.9 Å². The van der Waals surface area contributed by atoms with Crippen molar-refractivity contribution < 1.29 is 48.7 Å². The van der Waals surface area contributed by atoms with Gasteiger partial charge in [-0.3, -0.25) is 14.4 Å². The zero-order valence-corrected chi connectivity index (χ0v) is 31.5. The summed E-state index contributed by atoms with van der Waals surface area (Å²) in [5.41, 5.74) is -2.18. The molecule has 12 atom stereocenters. The van der Waals surface area contributed by atoms with E-state index in [1.165, 1.54) is 26.5 Å². The van der Waals surface area contributed by atoms with Gasteiger partial charge in [0.05, 0.1) is 37.3 Å². The Hall–Kier alpha value is -2.01. The van der Waals surface area contributed by atoms with E-state index in [9.17, 15) is 29.7 Å². The fourth-order valence-corrected chi connectivity index (χ4v) is 11.8. The van der Waals surface area contributed by atoms with Crippen LogP contribution in [0.1, 0.15) is 127 Å². The van der Waals surface area contributed by atoms with Gasteiger partial charge >= 0.3 is 17.9 Å². The lowest BCUT2D eigenvalue weighted by molar-refractivity contribution is -0.248. The molecule has 0 unspecified atom stereocenters. The number of aliphatic hydroxyl groups excluding tert-OH is 1. The number of ether oxygens (including phenoxy) is 4. The van der Waals surface area contributed by atoms with Crippen LogP contribution in [-0.2, 0) is 33.3 Å². The zero-order valence-electron chi connectivity index (χ0n) is 31.5. The van der Waals surface area contributed by atoms with Gasteiger partial charge in [0.1, 0.15) is 12.2 Å². The van der Waals surface area contributed by atoms with E-state index in [1.807, 2.05) is 0 Å². The van der Waals surface area contributed by atoms with Gasteiger partial charge in [-0.15, -0.1) is 0 Å². The summed E-state index contributed by atoms with van der Waals surface area (Å²) in [7, 11) is 1.23. The predicted molar refractivity (Wildman–Crippen MR) is 182 cm³/mol. The number of carbonyl (C=O) groups is 3. The summed E-state index contributed by atoms with van der Waals surface area (Å²) in [6.45, 7) is 17.6. The molecule has 10 nitrogen and oxygen atoms in total. The fourth-order valence-electron chi connectivity index (χ4n) is 11.8. The SMILES string of the molecule is COC(=O)C[C@@](C)(O)CC(=O)O[C@@H]1C[C@]2(C)C3=CC[C@]4(C)[C@@H]([C@H]5CC[C@H](C(C)(C)O)O[C@H]5O)CC[C@@]4(C)[C@H]3CC[C@@H]2C(C)(C)[C@H]1OC(C)=O. The van der Waals surface area contributed by atoms with E-state index in [-0.39, 0.29) is 46.5 Å². The summed E-state index contributed by atoms with van der Waals surface area (Å²) < 4.78 is 22.9. The van der Waals surface area contributed by atoms with Gasteiger partial charge in [-0.25, -0.2) is 0 Å². The second-order valence-electron chi connectivity index (χ2n) is 18.4. The van der Waals surface area contributed by atoms with Gasteiger partial charge in [-0.1, -0.05) is 46.3 Å². The van der Waals surface area contributed by atoms with Crippen molar-refractivity contribution in [3.8, 4) is 0 Å². The highest BCUT2D eigenvalue weighted by Crippen LogP contribution is 2.73. The molecule has 49 heavy (non-hydrogen) atoms. The average molecular weight is 691 g/mol. The number of hydrogen-bond acceptors (Lipinski definition) is 10. The van der Waals surface area contributed by atoms with Gasteiger partial charge in [0.25, 0.3) is 0 Å². The molecule has 0 aromatic heterocycles. The highest BCUT2D eigenvalue weighted by atomic mass is 16.6. The summed E-state index contributed by atoms with van der Waals surface area (Å²) in [4.78, 5) is 37.7. The first kappa shape index (κ1) is 38.2. The lowest BCUT2D eigenvalue weighted by Gasteiger charge is -2.65. The molecule has 1 saturated heterocycles. The van der Waals surface area contributed by atoms with Crippen LogP contribution in [0.25, 0.3) is 0 Å². The van der Waals surface area contributed by atoms with Gasteiger partial charge in [-0.2, -0.15) is 0 Å². The quantitative estimate of drug-likeness (QED) is 0.166. The third kappa shape index (κ3) is 6.62. The van der Waals surface area contributed by atoms with Crippen molar-refractivity contribution in [2.45, 2.75) is 162 Å². The molecule has 0 aromatic carbocycles. The summed E-state index contributed by atoms with van der Waals surface area (Å²) in [6.07, 6.45) is 5.88. The Balaban J connectivity index is 1.44. The normalized spacial score (nSPS) is 42.8. The monoisotopic (exact) mass is 690 g/mol. The third-order valence-corrected chi connectivity index (χ3v) is 14.3. The van der Waals surface area contributed by atoms with Crippen LogP contribution in [0.2, 0.25) is 0 Å². The van der Waals surface area contributed by atoms with E-state index in [1.54, 1.807) is 13.8 Å². The number of carbonyl (C=O) groups excluding carboxylic acids is 3. The number of rotatable bonds is 8.